The van der Waals surface area contributed by atoms with Crippen LogP contribution in [0.1, 0.15) is 18.9 Å². The van der Waals surface area contributed by atoms with Gasteiger partial charge in [-0.25, -0.2) is 13.4 Å². The van der Waals surface area contributed by atoms with E-state index < -0.39 is 37.8 Å². The highest BCUT2D eigenvalue weighted by Gasteiger charge is 2.33. The van der Waals surface area contributed by atoms with Crippen LogP contribution in [-0.4, -0.2) is 55.3 Å². The number of anilines is 1. The van der Waals surface area contributed by atoms with E-state index in [1.165, 1.54) is 30.0 Å². The second-order valence-electron chi connectivity index (χ2n) is 7.10. The molecule has 9 nitrogen and oxygen atoms in total. The van der Waals surface area contributed by atoms with Crippen LogP contribution in [-0.2, 0) is 29.3 Å². The van der Waals surface area contributed by atoms with Crippen LogP contribution >= 0.6 is 0 Å². The van der Waals surface area contributed by atoms with Crippen LogP contribution in [0.15, 0.2) is 40.0 Å². The first-order valence-corrected chi connectivity index (χ1v) is 12.7. The zero-order valence-electron chi connectivity index (χ0n) is 16.7. The van der Waals surface area contributed by atoms with Crippen LogP contribution in [0.2, 0.25) is 0 Å². The molecule has 168 valence electrons. The highest BCUT2D eigenvalue weighted by atomic mass is 32.3. The number of amides is 2. The molecule has 0 aromatic heterocycles. The number of nitrogens with zero attached hydrogens (tertiary/aromatic N) is 2. The van der Waals surface area contributed by atoms with Crippen molar-refractivity contribution in [2.45, 2.75) is 19.4 Å². The number of hydrogen-bond acceptors (Lipinski definition) is 6. The molecule has 0 spiro atoms. The molecule has 2 aliphatic heterocycles. The lowest BCUT2D eigenvalue weighted by molar-refractivity contribution is -0.119. The maximum atomic E-state index is 14.8. The monoisotopic (exact) mass is 471 g/mol. The number of cyclic esters (lactones) is 1. The summed E-state index contributed by atoms with van der Waals surface area (Å²) in [5.41, 5.74) is 1.17. The summed E-state index contributed by atoms with van der Waals surface area (Å²) in [5, 5.41) is 3.21. The molecule has 2 amide bonds. The van der Waals surface area contributed by atoms with Gasteiger partial charge in [-0.3, -0.25) is 9.69 Å². The number of rotatable bonds is 6. The molecule has 1 aromatic carbocycles. The lowest BCUT2D eigenvalue weighted by Gasteiger charge is -2.19. The SMILES string of the molecule is C=CS(=O)(=O)N=S1(=O)CC=C(c2ccc(N3C[C@@H](CNC(C)=O)OC3=O)cc2F)CC1. The molecular formula is C19H22FN3O6S2. The van der Waals surface area contributed by atoms with Crippen LogP contribution < -0.4 is 10.2 Å². The third kappa shape index (κ3) is 5.50. The Bertz CT molecular complexity index is 1190. The maximum absolute atomic E-state index is 14.8. The number of allylic oxidation sites excluding steroid dienone is 1. The summed E-state index contributed by atoms with van der Waals surface area (Å²) in [6.45, 7) is 4.83. The molecule has 0 aliphatic carbocycles. The summed E-state index contributed by atoms with van der Waals surface area (Å²) in [6.07, 6.45) is 0.545. The zero-order chi connectivity index (χ0) is 22.8. The van der Waals surface area contributed by atoms with Gasteiger partial charge in [0.15, 0.2) is 0 Å². The van der Waals surface area contributed by atoms with Crippen LogP contribution in [0.5, 0.6) is 0 Å². The zero-order valence-corrected chi connectivity index (χ0v) is 18.4. The fraction of sp³-hybridized carbons (Fsp3) is 0.368. The Morgan fingerprint density at radius 3 is 2.81 bits per heavy atom. The first-order chi connectivity index (χ1) is 14.5. The molecule has 2 atom stereocenters. The van der Waals surface area contributed by atoms with Crippen molar-refractivity contribution in [3.8, 4) is 0 Å². The van der Waals surface area contributed by atoms with Gasteiger partial charge in [-0.2, -0.15) is 8.42 Å². The maximum Gasteiger partial charge on any atom is 0.414 e. The van der Waals surface area contributed by atoms with Crippen molar-refractivity contribution < 1.29 is 31.3 Å². The number of carbonyl (C=O) groups is 2. The number of benzene rings is 1. The number of hydrogen-bond donors (Lipinski definition) is 1. The topological polar surface area (TPSA) is 122 Å². The lowest BCUT2D eigenvalue weighted by Crippen LogP contribution is -2.33. The normalized spacial score (nSPS) is 23.7. The Labute approximate surface area is 180 Å². The van der Waals surface area contributed by atoms with Crippen LogP contribution in [0.3, 0.4) is 0 Å². The number of ether oxygens (including phenoxy) is 1. The van der Waals surface area contributed by atoms with E-state index in [4.69, 9.17) is 4.74 Å². The van der Waals surface area contributed by atoms with Gasteiger partial charge in [-0.15, -0.1) is 3.77 Å². The summed E-state index contributed by atoms with van der Waals surface area (Å²) >= 11 is 0. The van der Waals surface area contributed by atoms with E-state index in [0.29, 0.717) is 16.7 Å². The Balaban J connectivity index is 1.76. The van der Waals surface area contributed by atoms with E-state index in [9.17, 15) is 26.6 Å². The van der Waals surface area contributed by atoms with Crippen LogP contribution in [0, 0.1) is 5.82 Å². The van der Waals surface area contributed by atoms with Crippen molar-refractivity contribution in [1.29, 1.82) is 0 Å². The van der Waals surface area contributed by atoms with Crippen molar-refractivity contribution in [1.82, 2.24) is 5.32 Å². The summed E-state index contributed by atoms with van der Waals surface area (Å²) in [5.74, 6) is -0.952. The molecule has 3 rings (SSSR count). The van der Waals surface area contributed by atoms with Gasteiger partial charge in [-0.1, -0.05) is 12.7 Å². The van der Waals surface area contributed by atoms with Crippen LogP contribution in [0.25, 0.3) is 5.57 Å². The minimum Gasteiger partial charge on any atom is -0.442 e. The summed E-state index contributed by atoms with van der Waals surface area (Å²) in [4.78, 5) is 24.4. The molecule has 1 unspecified atom stereocenters. The van der Waals surface area contributed by atoms with Gasteiger partial charge in [0.25, 0.3) is 10.0 Å². The van der Waals surface area contributed by atoms with Crippen molar-refractivity contribution in [3.63, 3.8) is 0 Å². The number of halogens is 1. The Hall–Kier alpha value is -2.73. The fourth-order valence-electron chi connectivity index (χ4n) is 3.25. The second kappa shape index (κ2) is 8.79. The molecule has 31 heavy (non-hydrogen) atoms. The Morgan fingerprint density at radius 2 is 2.23 bits per heavy atom. The summed E-state index contributed by atoms with van der Waals surface area (Å²) in [7, 11) is -6.96. The average Bonchev–Trinajstić information content (AvgIpc) is 3.07. The van der Waals surface area contributed by atoms with Crippen molar-refractivity contribution in [2.24, 2.45) is 3.77 Å². The largest absolute Gasteiger partial charge is 0.442 e. The molecular weight excluding hydrogens is 449 g/mol. The van der Waals surface area contributed by atoms with Gasteiger partial charge in [0.1, 0.15) is 11.9 Å². The molecule has 12 heteroatoms. The predicted octanol–water partition coefficient (Wildman–Crippen LogP) is 2.02. The highest BCUT2D eigenvalue weighted by Crippen LogP contribution is 2.30. The molecule has 1 fully saturated rings. The minimum absolute atomic E-state index is 0.0175. The molecule has 2 aliphatic rings. The van der Waals surface area contributed by atoms with E-state index in [2.05, 4.69) is 15.7 Å². The molecule has 1 N–H and O–H groups in total. The second-order valence-corrected chi connectivity index (χ2v) is 11.3. The quantitative estimate of drug-likeness (QED) is 0.677. The van der Waals surface area contributed by atoms with Gasteiger partial charge < -0.3 is 10.1 Å². The first-order valence-electron chi connectivity index (χ1n) is 9.35. The Morgan fingerprint density at radius 1 is 1.48 bits per heavy atom. The first kappa shape index (κ1) is 22.9. The molecule has 0 radical (unpaired) electrons. The van der Waals surface area contributed by atoms with E-state index in [1.807, 2.05) is 0 Å². The minimum atomic E-state index is -3.96. The summed E-state index contributed by atoms with van der Waals surface area (Å²) < 4.78 is 59.1. The summed E-state index contributed by atoms with van der Waals surface area (Å²) in [6, 6.07) is 4.28. The van der Waals surface area contributed by atoms with Gasteiger partial charge in [0.05, 0.1) is 34.3 Å². The Kier molecular flexibility index (Phi) is 6.51. The van der Waals surface area contributed by atoms with E-state index >= 15 is 0 Å². The van der Waals surface area contributed by atoms with Crippen molar-refractivity contribution in [3.05, 3.63) is 47.6 Å². The standard InChI is InChI=1S/C19H22FN3O6S2/c1-3-31(27,28)22-30(26)8-6-14(7-9-30)17-5-4-15(10-18(17)20)23-12-16(29-19(23)25)11-21-13(2)24/h3-6,10,16H,1,7-9,11-12H2,2H3,(H,21,24)/t16-,30?/m1/s1. The third-order valence-electron chi connectivity index (χ3n) is 4.79. The van der Waals surface area contributed by atoms with Gasteiger partial charge in [0, 0.05) is 23.6 Å². The smallest absolute Gasteiger partial charge is 0.414 e. The highest BCUT2D eigenvalue weighted by molar-refractivity contribution is 8.04. The van der Waals surface area contributed by atoms with Gasteiger partial charge >= 0.3 is 6.09 Å². The van der Waals surface area contributed by atoms with Gasteiger partial charge in [0.2, 0.25) is 5.91 Å². The van der Waals surface area contributed by atoms with Crippen molar-refractivity contribution >= 4 is 43.0 Å². The molecule has 2 heterocycles. The van der Waals surface area contributed by atoms with Gasteiger partial charge in [-0.05, 0) is 30.2 Å². The molecule has 1 saturated heterocycles. The molecule has 1 aromatic rings. The number of nitrogens with one attached hydrogen (secondary N) is 1. The molecule has 0 bridgehead atoms. The van der Waals surface area contributed by atoms with E-state index in [-0.39, 0.29) is 42.5 Å². The fourth-order valence-corrected chi connectivity index (χ4v) is 6.71. The van der Waals surface area contributed by atoms with Crippen molar-refractivity contribution in [2.75, 3.05) is 29.5 Å². The number of carbonyl (C=O) groups excluding carboxylic acids is 2. The third-order valence-corrected chi connectivity index (χ3v) is 8.66. The van der Waals surface area contributed by atoms with E-state index in [1.54, 1.807) is 6.07 Å². The lowest BCUT2D eigenvalue weighted by atomic mass is 10.0. The van der Waals surface area contributed by atoms with E-state index in [0.717, 1.165) is 0 Å². The predicted molar refractivity (Wildman–Crippen MR) is 115 cm³/mol. The molecule has 0 saturated carbocycles. The number of sulfonamides is 1. The average molecular weight is 472 g/mol. The van der Waals surface area contributed by atoms with Crippen LogP contribution in [0.4, 0.5) is 14.9 Å².